The Morgan fingerprint density at radius 2 is 2.15 bits per heavy atom. The summed E-state index contributed by atoms with van der Waals surface area (Å²) in [5, 5.41) is 8.73. The molecule has 0 aliphatic carbocycles. The topological polar surface area (TPSA) is 92.7 Å². The summed E-state index contributed by atoms with van der Waals surface area (Å²) in [6.45, 7) is 1.60. The van der Waals surface area contributed by atoms with Gasteiger partial charge in [0.2, 0.25) is 10.0 Å². The van der Waals surface area contributed by atoms with E-state index in [1.54, 1.807) is 6.07 Å². The number of sulfonamides is 1. The molecule has 8 heteroatoms. The Balaban J connectivity index is 2.74. The Bertz CT molecular complexity index is 588. The van der Waals surface area contributed by atoms with Gasteiger partial charge >= 0.3 is 5.97 Å². The van der Waals surface area contributed by atoms with E-state index in [9.17, 15) is 13.2 Å². The molecule has 0 heterocycles. The molecule has 2 N–H and O–H groups in total. The summed E-state index contributed by atoms with van der Waals surface area (Å²) in [7, 11) is -2.17. The first kappa shape index (κ1) is 16.9. The summed E-state index contributed by atoms with van der Waals surface area (Å²) in [4.78, 5) is 10.7. The number of carbonyl (C=O) groups is 1. The maximum atomic E-state index is 12.0. The van der Waals surface area contributed by atoms with Crippen LogP contribution in [0.4, 0.5) is 0 Å². The molecule has 0 aliphatic heterocycles. The van der Waals surface area contributed by atoms with Crippen molar-refractivity contribution in [1.29, 1.82) is 0 Å². The van der Waals surface area contributed by atoms with E-state index in [1.807, 2.05) is 0 Å². The molecular weight excluding hydrogens is 350 g/mol. The highest BCUT2D eigenvalue weighted by atomic mass is 79.9. The number of benzene rings is 1. The lowest BCUT2D eigenvalue weighted by Crippen LogP contribution is -2.27. The van der Waals surface area contributed by atoms with E-state index in [1.165, 1.54) is 26.2 Å². The van der Waals surface area contributed by atoms with Gasteiger partial charge in [-0.15, -0.1) is 0 Å². The summed E-state index contributed by atoms with van der Waals surface area (Å²) in [5.74, 6) is -1.01. The third-order valence-electron chi connectivity index (χ3n) is 2.72. The van der Waals surface area contributed by atoms with Crippen LogP contribution in [0.3, 0.4) is 0 Å². The third-order valence-corrected chi connectivity index (χ3v) is 4.80. The van der Waals surface area contributed by atoms with E-state index in [2.05, 4.69) is 20.7 Å². The van der Waals surface area contributed by atoms with Crippen molar-refractivity contribution in [3.8, 4) is 5.75 Å². The molecule has 1 rings (SSSR count). The number of rotatable bonds is 7. The second-order valence-corrected chi connectivity index (χ2v) is 6.84. The Labute approximate surface area is 126 Å². The number of aliphatic carboxylic acids is 1. The fourth-order valence-corrected chi connectivity index (χ4v) is 3.20. The molecule has 20 heavy (non-hydrogen) atoms. The van der Waals surface area contributed by atoms with Gasteiger partial charge in [-0.1, -0.05) is 6.92 Å². The number of nitrogens with one attached hydrogen (secondary N) is 1. The van der Waals surface area contributed by atoms with Crippen molar-refractivity contribution in [2.45, 2.75) is 18.2 Å². The molecule has 0 saturated carbocycles. The molecule has 1 atom stereocenters. The van der Waals surface area contributed by atoms with Gasteiger partial charge in [-0.2, -0.15) is 0 Å². The van der Waals surface area contributed by atoms with Crippen LogP contribution in [0.25, 0.3) is 0 Å². The number of hydrogen-bond donors (Lipinski definition) is 2. The minimum absolute atomic E-state index is 0.0689. The van der Waals surface area contributed by atoms with Crippen LogP contribution in [0.2, 0.25) is 0 Å². The van der Waals surface area contributed by atoms with Gasteiger partial charge in [-0.3, -0.25) is 4.79 Å². The van der Waals surface area contributed by atoms with Gasteiger partial charge < -0.3 is 9.84 Å². The molecule has 112 valence electrons. The molecule has 0 spiro atoms. The molecule has 0 bridgehead atoms. The van der Waals surface area contributed by atoms with E-state index < -0.39 is 21.9 Å². The minimum atomic E-state index is -3.66. The molecule has 1 aromatic rings. The van der Waals surface area contributed by atoms with Gasteiger partial charge in [0.15, 0.2) is 0 Å². The van der Waals surface area contributed by atoms with E-state index >= 15 is 0 Å². The summed E-state index contributed by atoms with van der Waals surface area (Å²) in [6.07, 6.45) is 0.228. The smallest absolute Gasteiger partial charge is 0.306 e. The molecule has 1 aromatic carbocycles. The number of methoxy groups -OCH3 is 1. The van der Waals surface area contributed by atoms with Crippen LogP contribution < -0.4 is 9.46 Å². The van der Waals surface area contributed by atoms with E-state index in [0.29, 0.717) is 10.2 Å². The predicted octanol–water partition coefficient (Wildman–Crippen LogP) is 1.85. The van der Waals surface area contributed by atoms with E-state index in [0.717, 1.165) is 0 Å². The fraction of sp³-hybridized carbons (Fsp3) is 0.417. The summed E-state index contributed by atoms with van der Waals surface area (Å²) in [6, 6.07) is 4.40. The zero-order valence-corrected chi connectivity index (χ0v) is 13.5. The van der Waals surface area contributed by atoms with Crippen LogP contribution >= 0.6 is 15.9 Å². The summed E-state index contributed by atoms with van der Waals surface area (Å²) in [5.41, 5.74) is 0. The maximum Gasteiger partial charge on any atom is 0.306 e. The second-order valence-electron chi connectivity index (χ2n) is 4.22. The first-order valence-corrected chi connectivity index (χ1v) is 8.11. The van der Waals surface area contributed by atoms with Gasteiger partial charge in [0, 0.05) is 6.54 Å². The highest BCUT2D eigenvalue weighted by molar-refractivity contribution is 9.10. The zero-order valence-electron chi connectivity index (χ0n) is 11.1. The molecule has 0 saturated heterocycles. The van der Waals surface area contributed by atoms with Crippen LogP contribution in [0.15, 0.2) is 27.6 Å². The number of ether oxygens (including phenoxy) is 1. The fourth-order valence-electron chi connectivity index (χ4n) is 1.43. The maximum absolute atomic E-state index is 12.0. The standard InChI is InChI=1S/C12H16BrNO5S/c1-8(12(15)16)5-6-14-20(17,18)9-3-4-11(19-2)10(13)7-9/h3-4,7-8,14H,5-6H2,1-2H3,(H,15,16). The lowest BCUT2D eigenvalue weighted by atomic mass is 10.1. The number of halogens is 1. The molecular formula is C12H16BrNO5S. The lowest BCUT2D eigenvalue weighted by Gasteiger charge is -2.10. The van der Waals surface area contributed by atoms with Crippen molar-refractivity contribution in [3.63, 3.8) is 0 Å². The predicted molar refractivity (Wildman–Crippen MR) is 77.3 cm³/mol. The molecule has 0 radical (unpaired) electrons. The molecule has 0 fully saturated rings. The quantitative estimate of drug-likeness (QED) is 0.768. The highest BCUT2D eigenvalue weighted by Crippen LogP contribution is 2.27. The Kier molecular flexibility index (Phi) is 5.97. The highest BCUT2D eigenvalue weighted by Gasteiger charge is 2.17. The van der Waals surface area contributed by atoms with Crippen LogP contribution in [0.1, 0.15) is 13.3 Å². The van der Waals surface area contributed by atoms with Crippen molar-refractivity contribution in [2.24, 2.45) is 5.92 Å². The van der Waals surface area contributed by atoms with Crippen molar-refractivity contribution < 1.29 is 23.1 Å². The Hall–Kier alpha value is -1.12. The molecule has 0 aliphatic rings. The minimum Gasteiger partial charge on any atom is -0.496 e. The van der Waals surface area contributed by atoms with Crippen molar-refractivity contribution in [3.05, 3.63) is 22.7 Å². The Morgan fingerprint density at radius 1 is 1.50 bits per heavy atom. The van der Waals surface area contributed by atoms with Crippen molar-refractivity contribution in [1.82, 2.24) is 4.72 Å². The van der Waals surface area contributed by atoms with Gasteiger partial charge in [-0.25, -0.2) is 13.1 Å². The summed E-state index contributed by atoms with van der Waals surface area (Å²) < 4.78 is 32.0. The molecule has 0 aromatic heterocycles. The third kappa shape index (κ3) is 4.46. The average Bonchev–Trinajstić information content (AvgIpc) is 2.38. The van der Waals surface area contributed by atoms with Crippen LogP contribution in [-0.2, 0) is 14.8 Å². The van der Waals surface area contributed by atoms with Gasteiger partial charge in [0.1, 0.15) is 5.75 Å². The normalized spacial score (nSPS) is 12.9. The first-order valence-electron chi connectivity index (χ1n) is 5.84. The number of carboxylic acid groups (broad SMARTS) is 1. The zero-order chi connectivity index (χ0) is 15.3. The lowest BCUT2D eigenvalue weighted by molar-refractivity contribution is -0.141. The molecule has 1 unspecified atom stereocenters. The monoisotopic (exact) mass is 365 g/mol. The van der Waals surface area contributed by atoms with Crippen LogP contribution in [0, 0.1) is 5.92 Å². The van der Waals surface area contributed by atoms with Gasteiger partial charge in [0.05, 0.1) is 22.4 Å². The SMILES string of the molecule is COc1ccc(S(=O)(=O)NCCC(C)C(=O)O)cc1Br. The van der Waals surface area contributed by atoms with Gasteiger partial charge in [0.25, 0.3) is 0 Å². The molecule has 0 amide bonds. The van der Waals surface area contributed by atoms with Gasteiger partial charge in [-0.05, 0) is 40.5 Å². The summed E-state index contributed by atoms with van der Waals surface area (Å²) >= 11 is 3.22. The van der Waals surface area contributed by atoms with E-state index in [-0.39, 0.29) is 17.9 Å². The Morgan fingerprint density at radius 3 is 2.65 bits per heavy atom. The second kappa shape index (κ2) is 7.05. The molecule has 6 nitrogen and oxygen atoms in total. The largest absolute Gasteiger partial charge is 0.496 e. The average molecular weight is 366 g/mol. The van der Waals surface area contributed by atoms with Crippen molar-refractivity contribution in [2.75, 3.05) is 13.7 Å². The number of carboxylic acids is 1. The van der Waals surface area contributed by atoms with E-state index in [4.69, 9.17) is 9.84 Å². The first-order chi connectivity index (χ1) is 9.27. The van der Waals surface area contributed by atoms with Crippen LogP contribution in [-0.4, -0.2) is 33.1 Å². The number of hydrogen-bond acceptors (Lipinski definition) is 4. The van der Waals surface area contributed by atoms with Crippen molar-refractivity contribution >= 4 is 31.9 Å². The van der Waals surface area contributed by atoms with Crippen LogP contribution in [0.5, 0.6) is 5.75 Å².